The molecule has 0 aliphatic rings. The maximum absolute atomic E-state index is 9.99. The average molecular weight is 803 g/mol. The van der Waals surface area contributed by atoms with E-state index in [1.807, 2.05) is 24.5 Å². The summed E-state index contributed by atoms with van der Waals surface area (Å²) in [5.74, 6) is -11.0. The van der Waals surface area contributed by atoms with Gasteiger partial charge >= 0.3 is 59.7 Å². The summed E-state index contributed by atoms with van der Waals surface area (Å²) in [7, 11) is 0. The Morgan fingerprint density at radius 3 is 0.564 bits per heavy atom. The molecule has 26 nitrogen and oxygen atoms in total. The lowest BCUT2D eigenvalue weighted by Gasteiger charge is -2.01. The van der Waals surface area contributed by atoms with Crippen molar-refractivity contribution >= 4 is 59.7 Å². The highest BCUT2D eigenvalue weighted by atomic mass is 16.4. The lowest BCUT2D eigenvalue weighted by molar-refractivity contribution is -0.141. The molecule has 5 atom stereocenters. The van der Waals surface area contributed by atoms with Crippen LogP contribution in [0.4, 0.5) is 0 Å². The van der Waals surface area contributed by atoms with E-state index in [9.17, 15) is 47.9 Å². The van der Waals surface area contributed by atoms with Crippen LogP contribution in [0.15, 0.2) is 24.5 Å². The van der Waals surface area contributed by atoms with Gasteiger partial charge in [0, 0.05) is 44.5 Å². The van der Waals surface area contributed by atoms with Crippen molar-refractivity contribution in [2.24, 2.45) is 28.7 Å². The molecule has 26 heteroatoms. The van der Waals surface area contributed by atoms with Gasteiger partial charge in [-0.05, 0) is 44.2 Å². The lowest BCUT2D eigenvalue weighted by atomic mass is 10.2. The quantitative estimate of drug-likeness (QED) is 0.0639. The van der Waals surface area contributed by atoms with Gasteiger partial charge in [-0.15, -0.1) is 0 Å². The predicted molar refractivity (Wildman–Crippen MR) is 183 cm³/mol. The Bertz CT molecular complexity index is 1100. The minimum atomic E-state index is -1.17. The van der Waals surface area contributed by atoms with Crippen LogP contribution >= 0.6 is 0 Å². The summed E-state index contributed by atoms with van der Waals surface area (Å²) in [4.78, 5) is 102. The monoisotopic (exact) mass is 802 g/mol. The van der Waals surface area contributed by atoms with E-state index in [2.05, 4.69) is 4.98 Å². The minimum absolute atomic E-state index is 0.0231. The van der Waals surface area contributed by atoms with Crippen molar-refractivity contribution in [2.45, 2.75) is 94.4 Å². The van der Waals surface area contributed by atoms with Crippen molar-refractivity contribution in [3.8, 4) is 0 Å². The summed E-state index contributed by atoms with van der Waals surface area (Å²) >= 11 is 0. The van der Waals surface area contributed by atoms with Crippen LogP contribution in [-0.2, 0) is 47.9 Å². The normalized spacial score (nSPS) is 12.1. The van der Waals surface area contributed by atoms with Gasteiger partial charge in [0.15, 0.2) is 0 Å². The second kappa shape index (κ2) is 36.2. The van der Waals surface area contributed by atoms with Gasteiger partial charge in [-0.2, -0.15) is 0 Å². The first-order valence-corrected chi connectivity index (χ1v) is 15.3. The standard InChI is InChI=1S/5C5H9NO4.C4H5N/c5*6-3(5(9)10)1-2-4(7)8;1-2-4-5-3-1/h5*3H,1-2,6H2,(H,7,8)(H,9,10);1-5H/t5*3-;/m00000./s1. The molecule has 0 radical (unpaired) electrons. The number of H-pyrrole nitrogens is 1. The molecule has 0 unspecified atom stereocenters. The second-order valence-corrected chi connectivity index (χ2v) is 10.3. The zero-order chi connectivity index (χ0) is 44.3. The first-order valence-electron chi connectivity index (χ1n) is 15.3. The molecule has 0 saturated heterocycles. The van der Waals surface area contributed by atoms with Gasteiger partial charge in [-0.1, -0.05) is 0 Å². The van der Waals surface area contributed by atoms with Crippen molar-refractivity contribution in [1.82, 2.24) is 4.98 Å². The smallest absolute Gasteiger partial charge is 0.320 e. The van der Waals surface area contributed by atoms with Crippen LogP contribution in [0, 0.1) is 0 Å². The van der Waals surface area contributed by atoms with Gasteiger partial charge in [0.2, 0.25) is 0 Å². The number of rotatable bonds is 20. The minimum Gasteiger partial charge on any atom is -0.481 e. The van der Waals surface area contributed by atoms with Gasteiger partial charge in [-0.3, -0.25) is 47.9 Å². The number of carboxylic acid groups (broad SMARTS) is 10. The fourth-order valence-electron chi connectivity index (χ4n) is 2.29. The fourth-order valence-corrected chi connectivity index (χ4v) is 2.29. The molecule has 0 spiro atoms. The molecule has 55 heavy (non-hydrogen) atoms. The highest BCUT2D eigenvalue weighted by molar-refractivity contribution is 5.76. The summed E-state index contributed by atoms with van der Waals surface area (Å²) < 4.78 is 0. The van der Waals surface area contributed by atoms with Crippen LogP contribution in [0.5, 0.6) is 0 Å². The zero-order valence-corrected chi connectivity index (χ0v) is 29.2. The Hall–Kier alpha value is -6.22. The maximum atomic E-state index is 9.99. The van der Waals surface area contributed by atoms with Crippen LogP contribution in [-0.4, -0.2) is 146 Å². The van der Waals surface area contributed by atoms with E-state index in [0.29, 0.717) is 0 Å². The van der Waals surface area contributed by atoms with Gasteiger partial charge in [-0.25, -0.2) is 0 Å². The summed E-state index contributed by atoms with van der Waals surface area (Å²) in [6.07, 6.45) is 2.63. The van der Waals surface area contributed by atoms with Crippen LogP contribution in [0.3, 0.4) is 0 Å². The maximum Gasteiger partial charge on any atom is 0.320 e. The third-order valence-electron chi connectivity index (χ3n) is 5.43. The molecule has 0 aliphatic heterocycles. The molecule has 1 heterocycles. The van der Waals surface area contributed by atoms with E-state index in [-0.39, 0.29) is 64.2 Å². The molecule has 21 N–H and O–H groups in total. The van der Waals surface area contributed by atoms with Crippen LogP contribution in [0.1, 0.15) is 64.2 Å². The summed E-state index contributed by atoms with van der Waals surface area (Å²) in [6, 6.07) is -1.41. The fraction of sp³-hybridized carbons (Fsp3) is 0.517. The SMILES string of the molecule is N[C@@H](CCC(=O)O)C(=O)O.N[C@@H](CCC(=O)O)C(=O)O.N[C@@H](CCC(=O)O)C(=O)O.N[C@@H](CCC(=O)O)C(=O)O.N[C@@H](CCC(=O)O)C(=O)O.c1cc[nH]c1. The number of carbonyl (C=O) groups is 10. The number of aromatic nitrogens is 1. The Morgan fingerprint density at radius 1 is 0.345 bits per heavy atom. The van der Waals surface area contributed by atoms with E-state index < -0.39 is 89.9 Å². The number of aliphatic carboxylic acids is 10. The van der Waals surface area contributed by atoms with Crippen LogP contribution in [0.2, 0.25) is 0 Å². The lowest BCUT2D eigenvalue weighted by Crippen LogP contribution is -2.30. The molecule has 0 fully saturated rings. The van der Waals surface area contributed by atoms with Gasteiger partial charge in [0.25, 0.3) is 0 Å². The topological polar surface area (TPSA) is 519 Å². The first-order chi connectivity index (χ1) is 25.2. The second-order valence-electron chi connectivity index (χ2n) is 10.3. The molecule has 1 rings (SSSR count). The molecule has 1 aromatic rings. The summed E-state index contributed by atoms with van der Waals surface area (Å²) in [6.45, 7) is 0. The van der Waals surface area contributed by atoms with Gasteiger partial charge in [0.1, 0.15) is 30.2 Å². The van der Waals surface area contributed by atoms with Crippen molar-refractivity contribution in [1.29, 1.82) is 0 Å². The molecular weight excluding hydrogens is 752 g/mol. The van der Waals surface area contributed by atoms with Crippen molar-refractivity contribution in [2.75, 3.05) is 0 Å². The predicted octanol–water partition coefficient (Wildman–Crippen LogP) is -2.67. The zero-order valence-electron chi connectivity index (χ0n) is 29.2. The van der Waals surface area contributed by atoms with E-state index >= 15 is 0 Å². The van der Waals surface area contributed by atoms with Gasteiger partial charge < -0.3 is 84.7 Å². The van der Waals surface area contributed by atoms with Crippen LogP contribution in [0.25, 0.3) is 0 Å². The Balaban J connectivity index is -0.000000183. The molecule has 0 bridgehead atoms. The van der Waals surface area contributed by atoms with Crippen molar-refractivity contribution < 1.29 is 99.0 Å². The van der Waals surface area contributed by atoms with Crippen LogP contribution < -0.4 is 28.7 Å². The van der Waals surface area contributed by atoms with E-state index in [4.69, 9.17) is 79.7 Å². The Labute approximate surface area is 311 Å². The largest absolute Gasteiger partial charge is 0.481 e. The molecule has 0 amide bonds. The molecule has 1 aromatic heterocycles. The average Bonchev–Trinajstić information content (AvgIpc) is 3.67. The molecule has 0 aliphatic carbocycles. The first kappa shape index (κ1) is 58.1. The number of hydrogen-bond acceptors (Lipinski definition) is 15. The highest BCUT2D eigenvalue weighted by Crippen LogP contribution is 1.96. The number of nitrogens with one attached hydrogen (secondary N) is 1. The number of hydrogen-bond donors (Lipinski definition) is 16. The third-order valence-corrected chi connectivity index (χ3v) is 5.43. The molecule has 0 saturated carbocycles. The number of carboxylic acids is 10. The summed E-state index contributed by atoms with van der Waals surface area (Å²) in [5, 5.41) is 81.4. The highest BCUT2D eigenvalue weighted by Gasteiger charge is 2.15. The van der Waals surface area contributed by atoms with E-state index in [1.165, 1.54) is 0 Å². The summed E-state index contributed by atoms with van der Waals surface area (Å²) in [5.41, 5.74) is 25.0. The van der Waals surface area contributed by atoms with Gasteiger partial charge in [0.05, 0.1) is 0 Å². The van der Waals surface area contributed by atoms with E-state index in [1.54, 1.807) is 0 Å². The molecule has 0 aromatic carbocycles. The Kier molecular flexibility index (Phi) is 38.2. The number of nitrogens with two attached hydrogens (primary N) is 5. The number of aromatic amines is 1. The molecule has 316 valence electrons. The van der Waals surface area contributed by atoms with E-state index in [0.717, 1.165) is 0 Å². The Morgan fingerprint density at radius 2 is 0.491 bits per heavy atom. The van der Waals surface area contributed by atoms with Crippen molar-refractivity contribution in [3.63, 3.8) is 0 Å². The third kappa shape index (κ3) is 52.2. The van der Waals surface area contributed by atoms with Crippen molar-refractivity contribution in [3.05, 3.63) is 24.5 Å². The molecular formula is C29H50N6O20.